The Morgan fingerprint density at radius 2 is 1.97 bits per heavy atom. The molecular weight excluding hydrogens is 450 g/mol. The van der Waals surface area contributed by atoms with Crippen molar-refractivity contribution >= 4 is 17.8 Å². The number of aromatic nitrogens is 2. The predicted octanol–water partition coefficient (Wildman–Crippen LogP) is 1.58. The molecule has 2 aromatic rings. The van der Waals surface area contributed by atoms with Crippen LogP contribution in [0.15, 0.2) is 29.1 Å². The van der Waals surface area contributed by atoms with Gasteiger partial charge in [-0.25, -0.2) is 4.98 Å². The standard InChI is InChI=1S/C25H35N5O5/c1-5-20(19-8-6-7-9-21(19)35-16-23(32)29(3)4)27-22(31)11-10-18-17(2)26-25(28-24(18)33)30-12-14-34-15-13-30/h6-9,20H,5,10-16H2,1-4H3,(H,27,31)(H,26,28,33). The quantitative estimate of drug-likeness (QED) is 0.525. The minimum Gasteiger partial charge on any atom is -0.483 e. The first-order chi connectivity index (χ1) is 16.8. The molecule has 1 fully saturated rings. The number of morpholine rings is 1. The molecule has 190 valence electrons. The third kappa shape index (κ3) is 7.05. The summed E-state index contributed by atoms with van der Waals surface area (Å²) in [5.74, 6) is 0.780. The van der Waals surface area contributed by atoms with Crippen LogP contribution in [0, 0.1) is 6.92 Å². The first-order valence-corrected chi connectivity index (χ1v) is 11.9. The number of benzene rings is 1. The van der Waals surface area contributed by atoms with E-state index in [0.29, 0.717) is 55.7 Å². The zero-order valence-electron chi connectivity index (χ0n) is 20.9. The summed E-state index contributed by atoms with van der Waals surface area (Å²) in [7, 11) is 3.34. The van der Waals surface area contributed by atoms with E-state index in [0.717, 1.165) is 5.56 Å². The van der Waals surface area contributed by atoms with Crippen LogP contribution < -0.4 is 20.5 Å². The van der Waals surface area contributed by atoms with Crippen molar-refractivity contribution in [1.29, 1.82) is 0 Å². The summed E-state index contributed by atoms with van der Waals surface area (Å²) < 4.78 is 11.1. The van der Waals surface area contributed by atoms with Gasteiger partial charge in [-0.1, -0.05) is 25.1 Å². The molecule has 0 aliphatic carbocycles. The van der Waals surface area contributed by atoms with Gasteiger partial charge in [-0.15, -0.1) is 0 Å². The number of anilines is 1. The average Bonchev–Trinajstić information content (AvgIpc) is 2.85. The fourth-order valence-electron chi connectivity index (χ4n) is 3.89. The van der Waals surface area contributed by atoms with Crippen LogP contribution >= 0.6 is 0 Å². The minimum atomic E-state index is -0.283. The van der Waals surface area contributed by atoms with Gasteiger partial charge in [0.2, 0.25) is 11.9 Å². The Morgan fingerprint density at radius 3 is 2.63 bits per heavy atom. The molecule has 10 heteroatoms. The van der Waals surface area contributed by atoms with Gasteiger partial charge in [0, 0.05) is 50.4 Å². The van der Waals surface area contributed by atoms with Crippen molar-refractivity contribution < 1.29 is 19.1 Å². The highest BCUT2D eigenvalue weighted by Gasteiger charge is 2.20. The lowest BCUT2D eigenvalue weighted by atomic mass is 10.0. The van der Waals surface area contributed by atoms with Gasteiger partial charge >= 0.3 is 0 Å². The molecule has 10 nitrogen and oxygen atoms in total. The lowest BCUT2D eigenvalue weighted by Gasteiger charge is -2.27. The lowest BCUT2D eigenvalue weighted by molar-refractivity contribution is -0.130. The van der Waals surface area contributed by atoms with Gasteiger partial charge in [0.25, 0.3) is 11.5 Å². The molecule has 1 atom stereocenters. The highest BCUT2D eigenvalue weighted by Crippen LogP contribution is 2.27. The van der Waals surface area contributed by atoms with Crippen LogP contribution in [0.2, 0.25) is 0 Å². The van der Waals surface area contributed by atoms with Crippen molar-refractivity contribution in [1.82, 2.24) is 20.2 Å². The van der Waals surface area contributed by atoms with Gasteiger partial charge in [0.15, 0.2) is 6.61 Å². The molecule has 0 radical (unpaired) electrons. The maximum Gasteiger partial charge on any atom is 0.259 e. The van der Waals surface area contributed by atoms with E-state index < -0.39 is 0 Å². The number of nitrogens with one attached hydrogen (secondary N) is 2. The second-order valence-corrected chi connectivity index (χ2v) is 8.70. The molecule has 2 amide bonds. The molecule has 35 heavy (non-hydrogen) atoms. The maximum atomic E-state index is 12.8. The van der Waals surface area contributed by atoms with Gasteiger partial charge in [-0.2, -0.15) is 0 Å². The van der Waals surface area contributed by atoms with Crippen LogP contribution in [0.25, 0.3) is 0 Å². The minimum absolute atomic E-state index is 0.0795. The molecule has 0 bridgehead atoms. The van der Waals surface area contributed by atoms with Crippen LogP contribution in [0.3, 0.4) is 0 Å². The number of carbonyl (C=O) groups is 2. The number of hydrogen-bond acceptors (Lipinski definition) is 7. The first kappa shape index (κ1) is 26.2. The van der Waals surface area contributed by atoms with E-state index in [4.69, 9.17) is 9.47 Å². The van der Waals surface area contributed by atoms with E-state index in [-0.39, 0.29) is 42.9 Å². The van der Waals surface area contributed by atoms with Crippen LogP contribution in [0.4, 0.5) is 5.95 Å². The van der Waals surface area contributed by atoms with E-state index in [1.165, 1.54) is 4.90 Å². The number of H-pyrrole nitrogens is 1. The maximum absolute atomic E-state index is 12.8. The van der Waals surface area contributed by atoms with Crippen LogP contribution in [0.5, 0.6) is 5.75 Å². The Hall–Kier alpha value is -3.40. The summed E-state index contributed by atoms with van der Waals surface area (Å²) >= 11 is 0. The summed E-state index contributed by atoms with van der Waals surface area (Å²) in [5.41, 5.74) is 1.72. The van der Waals surface area contributed by atoms with Crippen molar-refractivity contribution in [3.63, 3.8) is 0 Å². The summed E-state index contributed by atoms with van der Waals surface area (Å²) in [6.07, 6.45) is 1.08. The normalized spacial score (nSPS) is 14.3. The summed E-state index contributed by atoms with van der Waals surface area (Å²) in [5, 5.41) is 3.04. The van der Waals surface area contributed by atoms with Crippen molar-refractivity contribution in [2.24, 2.45) is 0 Å². The van der Waals surface area contributed by atoms with Gasteiger partial charge in [-0.3, -0.25) is 19.4 Å². The molecule has 0 saturated carbocycles. The van der Waals surface area contributed by atoms with E-state index >= 15 is 0 Å². The molecule has 2 N–H and O–H groups in total. The Balaban J connectivity index is 1.63. The van der Waals surface area contributed by atoms with Crippen LogP contribution in [-0.2, 0) is 20.7 Å². The molecular formula is C25H35N5O5. The number of amides is 2. The third-order valence-corrected chi connectivity index (χ3v) is 6.01. The topological polar surface area (TPSA) is 117 Å². The summed E-state index contributed by atoms with van der Waals surface area (Å²) in [6, 6.07) is 7.09. The van der Waals surface area contributed by atoms with Crippen LogP contribution in [-0.4, -0.2) is 73.7 Å². The van der Waals surface area contributed by atoms with E-state index in [1.807, 2.05) is 30.0 Å². The Morgan fingerprint density at radius 1 is 1.26 bits per heavy atom. The number of para-hydroxylation sites is 1. The highest BCUT2D eigenvalue weighted by atomic mass is 16.5. The number of hydrogen-bond donors (Lipinski definition) is 2. The Kier molecular flexibility index (Phi) is 9.25. The monoisotopic (exact) mass is 485 g/mol. The molecule has 1 saturated heterocycles. The Bertz CT molecular complexity index is 1080. The fourth-order valence-corrected chi connectivity index (χ4v) is 3.89. The van der Waals surface area contributed by atoms with Gasteiger partial charge in [0.1, 0.15) is 5.75 Å². The number of aryl methyl sites for hydroxylation is 1. The van der Waals surface area contributed by atoms with Crippen LogP contribution in [0.1, 0.15) is 42.6 Å². The largest absolute Gasteiger partial charge is 0.483 e. The van der Waals surface area contributed by atoms with Crippen molar-refractivity contribution in [2.45, 2.75) is 39.2 Å². The molecule has 0 spiro atoms. The number of carbonyl (C=O) groups excluding carboxylic acids is 2. The van der Waals surface area contributed by atoms with Gasteiger partial charge in [0.05, 0.1) is 19.3 Å². The third-order valence-electron chi connectivity index (χ3n) is 6.01. The summed E-state index contributed by atoms with van der Waals surface area (Å²) in [4.78, 5) is 48.3. The van der Waals surface area contributed by atoms with Crippen molar-refractivity contribution in [3.8, 4) is 5.75 Å². The number of nitrogens with zero attached hydrogens (tertiary/aromatic N) is 3. The highest BCUT2D eigenvalue weighted by molar-refractivity contribution is 5.77. The van der Waals surface area contributed by atoms with E-state index in [1.54, 1.807) is 27.1 Å². The SMILES string of the molecule is CCC(NC(=O)CCc1c(C)nc(N2CCOCC2)[nH]c1=O)c1ccccc1OCC(=O)N(C)C. The zero-order chi connectivity index (χ0) is 25.4. The van der Waals surface area contributed by atoms with Gasteiger partial charge < -0.3 is 24.6 Å². The first-order valence-electron chi connectivity index (χ1n) is 11.9. The fraction of sp³-hybridized carbons (Fsp3) is 0.520. The smallest absolute Gasteiger partial charge is 0.259 e. The molecule has 1 aliphatic rings. The molecule has 1 unspecified atom stereocenters. The second kappa shape index (κ2) is 12.3. The predicted molar refractivity (Wildman–Crippen MR) is 133 cm³/mol. The molecule has 2 heterocycles. The number of ether oxygens (including phenoxy) is 2. The number of aromatic amines is 1. The number of rotatable bonds is 10. The molecule has 1 aromatic heterocycles. The summed E-state index contributed by atoms with van der Waals surface area (Å²) in [6.45, 7) is 6.24. The number of likely N-dealkylation sites (N-methyl/N-ethyl adjacent to an activating group) is 1. The molecule has 1 aliphatic heterocycles. The average molecular weight is 486 g/mol. The zero-order valence-corrected chi connectivity index (χ0v) is 20.9. The van der Waals surface area contributed by atoms with Crippen molar-refractivity contribution in [2.75, 3.05) is 51.9 Å². The van der Waals surface area contributed by atoms with E-state index in [9.17, 15) is 14.4 Å². The molecule has 3 rings (SSSR count). The van der Waals surface area contributed by atoms with Gasteiger partial charge in [-0.05, 0) is 25.8 Å². The van der Waals surface area contributed by atoms with E-state index in [2.05, 4.69) is 15.3 Å². The lowest BCUT2D eigenvalue weighted by Crippen LogP contribution is -2.38. The Labute approximate surface area is 205 Å². The second-order valence-electron chi connectivity index (χ2n) is 8.70. The van der Waals surface area contributed by atoms with Crippen molar-refractivity contribution in [3.05, 3.63) is 51.4 Å². The molecule has 1 aromatic carbocycles.